The molecule has 0 aliphatic rings. The second kappa shape index (κ2) is 9.16. The summed E-state index contributed by atoms with van der Waals surface area (Å²) in [6.07, 6.45) is 0.847. The molecule has 0 spiro atoms. The average molecular weight is 357 g/mol. The third kappa shape index (κ3) is 5.30. The number of anilines is 1. The van der Waals surface area contributed by atoms with Gasteiger partial charge in [-0.2, -0.15) is 0 Å². The minimum atomic E-state index is -0.574. The van der Waals surface area contributed by atoms with Crippen LogP contribution in [0.3, 0.4) is 0 Å². The number of nitrogens with one attached hydrogen (secondary N) is 2. The smallest absolute Gasteiger partial charge is 0.310 e. The van der Waals surface area contributed by atoms with Gasteiger partial charge >= 0.3 is 5.69 Å². The summed E-state index contributed by atoms with van der Waals surface area (Å²) in [7, 11) is 0. The molecule has 0 heterocycles. The number of nitro groups is 1. The van der Waals surface area contributed by atoms with Crippen LogP contribution in [0, 0.1) is 10.1 Å². The van der Waals surface area contributed by atoms with E-state index in [0.717, 1.165) is 6.42 Å². The molecule has 8 heteroatoms. The molecular weight excluding hydrogens is 338 g/mol. The molecule has 2 aromatic carbocycles. The Morgan fingerprint density at radius 1 is 1.12 bits per heavy atom. The Morgan fingerprint density at radius 2 is 1.81 bits per heavy atom. The summed E-state index contributed by atoms with van der Waals surface area (Å²) in [4.78, 5) is 34.1. The van der Waals surface area contributed by atoms with Crippen molar-refractivity contribution in [3.05, 3.63) is 64.2 Å². The summed E-state index contributed by atoms with van der Waals surface area (Å²) in [5.74, 6) is -0.619. The molecule has 0 atom stereocenters. The fraction of sp³-hybridized carbons (Fsp3) is 0.222. The molecule has 2 amide bonds. The van der Waals surface area contributed by atoms with Gasteiger partial charge in [-0.15, -0.1) is 0 Å². The van der Waals surface area contributed by atoms with Crippen LogP contribution in [0.4, 0.5) is 11.4 Å². The van der Waals surface area contributed by atoms with Gasteiger partial charge < -0.3 is 15.4 Å². The van der Waals surface area contributed by atoms with E-state index in [1.165, 1.54) is 18.2 Å². The number of rotatable bonds is 8. The number of carbonyl (C=O) groups is 2. The van der Waals surface area contributed by atoms with Gasteiger partial charge in [-0.1, -0.05) is 19.1 Å². The first-order chi connectivity index (χ1) is 12.5. The van der Waals surface area contributed by atoms with Crippen molar-refractivity contribution < 1.29 is 19.2 Å². The second-order valence-electron chi connectivity index (χ2n) is 5.39. The third-order valence-electron chi connectivity index (χ3n) is 3.39. The summed E-state index contributed by atoms with van der Waals surface area (Å²) in [6, 6.07) is 12.2. The van der Waals surface area contributed by atoms with Gasteiger partial charge in [-0.3, -0.25) is 19.7 Å². The Morgan fingerprint density at radius 3 is 2.46 bits per heavy atom. The molecule has 0 fully saturated rings. The highest BCUT2D eigenvalue weighted by Crippen LogP contribution is 2.25. The summed E-state index contributed by atoms with van der Waals surface area (Å²) in [5, 5.41) is 16.3. The molecule has 136 valence electrons. The predicted octanol–water partition coefficient (Wildman–Crippen LogP) is 2.75. The van der Waals surface area contributed by atoms with Crippen LogP contribution in [0.25, 0.3) is 0 Å². The molecule has 2 N–H and O–H groups in total. The molecule has 0 radical (unpaired) electrons. The second-order valence-corrected chi connectivity index (χ2v) is 5.39. The molecule has 26 heavy (non-hydrogen) atoms. The Bertz CT molecular complexity index is 790. The standard InChI is InChI=1S/C18H19N3O5/c1-2-11-19-18(23)13-7-9-14(10-8-13)20-17(22)12-26-16-6-4-3-5-15(16)21(24)25/h3-10H,2,11-12H2,1H3,(H,19,23)(H,20,22). The average Bonchev–Trinajstić information content (AvgIpc) is 2.65. The van der Waals surface area contributed by atoms with Crippen molar-refractivity contribution in [3.8, 4) is 5.75 Å². The van der Waals surface area contributed by atoms with E-state index in [0.29, 0.717) is 17.8 Å². The van der Waals surface area contributed by atoms with Crippen molar-refractivity contribution in [1.29, 1.82) is 0 Å². The number of hydrogen-bond donors (Lipinski definition) is 2. The molecule has 0 aromatic heterocycles. The van der Waals surface area contributed by atoms with E-state index in [2.05, 4.69) is 10.6 Å². The van der Waals surface area contributed by atoms with E-state index in [1.54, 1.807) is 30.3 Å². The minimum absolute atomic E-state index is 0.0237. The Hall–Kier alpha value is -3.42. The van der Waals surface area contributed by atoms with E-state index in [4.69, 9.17) is 4.74 Å². The molecule has 0 bridgehead atoms. The monoisotopic (exact) mass is 357 g/mol. The molecule has 0 unspecified atom stereocenters. The predicted molar refractivity (Wildman–Crippen MR) is 96.3 cm³/mol. The Kier molecular flexibility index (Phi) is 6.67. The maximum Gasteiger partial charge on any atom is 0.310 e. The number of ether oxygens (including phenoxy) is 1. The van der Waals surface area contributed by atoms with Crippen molar-refractivity contribution >= 4 is 23.2 Å². The number of hydrogen-bond acceptors (Lipinski definition) is 5. The number of benzene rings is 2. The lowest BCUT2D eigenvalue weighted by Crippen LogP contribution is -2.24. The van der Waals surface area contributed by atoms with E-state index < -0.39 is 10.8 Å². The zero-order chi connectivity index (χ0) is 18.9. The molecule has 0 saturated heterocycles. The maximum absolute atomic E-state index is 11.9. The van der Waals surface area contributed by atoms with Crippen LogP contribution in [0.5, 0.6) is 5.75 Å². The van der Waals surface area contributed by atoms with E-state index >= 15 is 0 Å². The van der Waals surface area contributed by atoms with Gasteiger partial charge in [0.25, 0.3) is 11.8 Å². The van der Waals surface area contributed by atoms with Crippen molar-refractivity contribution in [2.75, 3.05) is 18.5 Å². The minimum Gasteiger partial charge on any atom is -0.477 e. The number of amides is 2. The van der Waals surface area contributed by atoms with E-state index in [-0.39, 0.29) is 24.0 Å². The number of nitro benzene ring substituents is 1. The number of para-hydroxylation sites is 2. The first kappa shape index (κ1) is 18.9. The third-order valence-corrected chi connectivity index (χ3v) is 3.39. The van der Waals surface area contributed by atoms with Crippen molar-refractivity contribution in [2.45, 2.75) is 13.3 Å². The van der Waals surface area contributed by atoms with Crippen molar-refractivity contribution in [1.82, 2.24) is 5.32 Å². The highest BCUT2D eigenvalue weighted by Gasteiger charge is 2.15. The highest BCUT2D eigenvalue weighted by atomic mass is 16.6. The zero-order valence-electron chi connectivity index (χ0n) is 14.2. The summed E-state index contributed by atoms with van der Waals surface area (Å²) in [5.41, 5.74) is 0.781. The number of nitrogens with zero attached hydrogens (tertiary/aromatic N) is 1. The van der Waals surface area contributed by atoms with Crippen LogP contribution in [-0.2, 0) is 4.79 Å². The molecule has 0 aliphatic heterocycles. The fourth-order valence-electron chi connectivity index (χ4n) is 2.12. The molecule has 0 aliphatic carbocycles. The largest absolute Gasteiger partial charge is 0.477 e. The van der Waals surface area contributed by atoms with Gasteiger partial charge in [0.05, 0.1) is 4.92 Å². The Balaban J connectivity index is 1.90. The van der Waals surface area contributed by atoms with Crippen molar-refractivity contribution in [3.63, 3.8) is 0 Å². The van der Waals surface area contributed by atoms with Gasteiger partial charge in [-0.25, -0.2) is 0 Å². The van der Waals surface area contributed by atoms with Crippen LogP contribution >= 0.6 is 0 Å². The van der Waals surface area contributed by atoms with Crippen LogP contribution in [0.2, 0.25) is 0 Å². The Labute approximate surface area is 150 Å². The summed E-state index contributed by atoms with van der Waals surface area (Å²) < 4.78 is 5.22. The van der Waals surface area contributed by atoms with E-state index in [9.17, 15) is 19.7 Å². The molecule has 2 rings (SSSR count). The lowest BCUT2D eigenvalue weighted by Gasteiger charge is -2.08. The lowest BCUT2D eigenvalue weighted by atomic mass is 10.2. The van der Waals surface area contributed by atoms with E-state index in [1.807, 2.05) is 6.92 Å². The number of carbonyl (C=O) groups excluding carboxylic acids is 2. The zero-order valence-corrected chi connectivity index (χ0v) is 14.2. The fourth-order valence-corrected chi connectivity index (χ4v) is 2.12. The molecule has 0 saturated carbocycles. The van der Waals surface area contributed by atoms with Gasteiger partial charge in [0.2, 0.25) is 0 Å². The molecule has 8 nitrogen and oxygen atoms in total. The van der Waals surface area contributed by atoms with Crippen LogP contribution in [-0.4, -0.2) is 29.9 Å². The van der Waals surface area contributed by atoms with Gasteiger partial charge in [0.1, 0.15) is 0 Å². The van der Waals surface area contributed by atoms with Crippen LogP contribution < -0.4 is 15.4 Å². The quantitative estimate of drug-likeness (QED) is 0.557. The highest BCUT2D eigenvalue weighted by molar-refractivity contribution is 5.96. The normalized spacial score (nSPS) is 10.0. The van der Waals surface area contributed by atoms with Crippen molar-refractivity contribution in [2.24, 2.45) is 0 Å². The lowest BCUT2D eigenvalue weighted by molar-refractivity contribution is -0.385. The van der Waals surface area contributed by atoms with Gasteiger partial charge in [-0.05, 0) is 36.8 Å². The first-order valence-corrected chi connectivity index (χ1v) is 8.05. The SMILES string of the molecule is CCCNC(=O)c1ccc(NC(=O)COc2ccccc2[N+](=O)[O-])cc1. The first-order valence-electron chi connectivity index (χ1n) is 8.05. The topological polar surface area (TPSA) is 111 Å². The van der Waals surface area contributed by atoms with Gasteiger partial charge in [0.15, 0.2) is 12.4 Å². The summed E-state index contributed by atoms with van der Waals surface area (Å²) >= 11 is 0. The van der Waals surface area contributed by atoms with Crippen LogP contribution in [0.15, 0.2) is 48.5 Å². The van der Waals surface area contributed by atoms with Crippen LogP contribution in [0.1, 0.15) is 23.7 Å². The molecular formula is C18H19N3O5. The summed E-state index contributed by atoms with van der Waals surface area (Å²) in [6.45, 7) is 2.19. The molecule has 2 aromatic rings. The maximum atomic E-state index is 11.9. The van der Waals surface area contributed by atoms with Gasteiger partial charge in [0, 0.05) is 23.9 Å².